The van der Waals surface area contributed by atoms with Crippen LogP contribution in [0.2, 0.25) is 0 Å². The van der Waals surface area contributed by atoms with Gasteiger partial charge in [-0.05, 0) is 31.3 Å². The average molecular weight is 254 g/mol. The maximum Gasteiger partial charge on any atom is 0.118 e. The second-order valence-corrected chi connectivity index (χ2v) is 5.67. The molecular weight excluding hydrogens is 232 g/mol. The minimum Gasteiger partial charge on any atom is -0.468 e. The van der Waals surface area contributed by atoms with Crippen molar-refractivity contribution >= 4 is 11.8 Å². The number of nitrogens with zero attached hydrogens (tertiary/aromatic N) is 1. The highest BCUT2D eigenvalue weighted by Gasteiger charge is 2.11. The molecule has 4 heteroatoms. The Morgan fingerprint density at radius 3 is 3.24 bits per heavy atom. The number of furan rings is 1. The van der Waals surface area contributed by atoms with Crippen LogP contribution in [-0.2, 0) is 13.1 Å². The zero-order chi connectivity index (χ0) is 11.9. The Bertz CT molecular complexity index is 319. The Morgan fingerprint density at radius 2 is 2.35 bits per heavy atom. The van der Waals surface area contributed by atoms with E-state index in [1.807, 2.05) is 6.26 Å². The fourth-order valence-electron chi connectivity index (χ4n) is 2.05. The SMILES string of the molecule is CCNCc1coc(CN2CCCSCC2)c1. The molecule has 0 aliphatic carbocycles. The molecule has 2 rings (SSSR count). The van der Waals surface area contributed by atoms with Crippen molar-refractivity contribution in [2.45, 2.75) is 26.4 Å². The van der Waals surface area contributed by atoms with Crippen LogP contribution < -0.4 is 5.32 Å². The molecule has 0 radical (unpaired) electrons. The van der Waals surface area contributed by atoms with E-state index in [4.69, 9.17) is 4.42 Å². The average Bonchev–Trinajstić information content (AvgIpc) is 2.61. The summed E-state index contributed by atoms with van der Waals surface area (Å²) in [6, 6.07) is 2.18. The van der Waals surface area contributed by atoms with Crippen molar-refractivity contribution in [1.29, 1.82) is 0 Å². The molecule has 0 aromatic carbocycles. The second-order valence-electron chi connectivity index (χ2n) is 4.44. The Balaban J connectivity index is 1.82. The Morgan fingerprint density at radius 1 is 1.41 bits per heavy atom. The third-order valence-corrected chi connectivity index (χ3v) is 4.03. The van der Waals surface area contributed by atoms with Gasteiger partial charge in [-0.1, -0.05) is 6.92 Å². The summed E-state index contributed by atoms with van der Waals surface area (Å²) in [5.74, 6) is 3.66. The molecule has 1 aromatic rings. The highest BCUT2D eigenvalue weighted by molar-refractivity contribution is 7.99. The molecule has 1 saturated heterocycles. The summed E-state index contributed by atoms with van der Waals surface area (Å²) in [4.78, 5) is 2.50. The van der Waals surface area contributed by atoms with E-state index >= 15 is 0 Å². The summed E-state index contributed by atoms with van der Waals surface area (Å²) in [6.07, 6.45) is 3.18. The van der Waals surface area contributed by atoms with Gasteiger partial charge in [-0.25, -0.2) is 0 Å². The van der Waals surface area contributed by atoms with Crippen molar-refractivity contribution in [2.75, 3.05) is 31.1 Å². The molecule has 1 aliphatic heterocycles. The van der Waals surface area contributed by atoms with Gasteiger partial charge in [-0.15, -0.1) is 0 Å². The van der Waals surface area contributed by atoms with Gasteiger partial charge in [0.1, 0.15) is 5.76 Å². The van der Waals surface area contributed by atoms with Crippen LogP contribution in [-0.4, -0.2) is 36.0 Å². The highest BCUT2D eigenvalue weighted by Crippen LogP contribution is 2.15. The van der Waals surface area contributed by atoms with Crippen molar-refractivity contribution in [3.8, 4) is 0 Å². The maximum absolute atomic E-state index is 5.62. The molecule has 96 valence electrons. The van der Waals surface area contributed by atoms with E-state index < -0.39 is 0 Å². The highest BCUT2D eigenvalue weighted by atomic mass is 32.2. The summed E-state index contributed by atoms with van der Waals surface area (Å²) >= 11 is 2.06. The van der Waals surface area contributed by atoms with Crippen LogP contribution in [0.25, 0.3) is 0 Å². The fraction of sp³-hybridized carbons (Fsp3) is 0.692. The first kappa shape index (κ1) is 13.0. The number of hydrogen-bond acceptors (Lipinski definition) is 4. The quantitative estimate of drug-likeness (QED) is 0.873. The van der Waals surface area contributed by atoms with E-state index in [0.717, 1.165) is 25.4 Å². The van der Waals surface area contributed by atoms with E-state index in [2.05, 4.69) is 35.0 Å². The Labute approximate surface area is 108 Å². The van der Waals surface area contributed by atoms with Crippen LogP contribution in [0.1, 0.15) is 24.7 Å². The van der Waals surface area contributed by atoms with Gasteiger partial charge in [0.2, 0.25) is 0 Å². The van der Waals surface area contributed by atoms with E-state index in [0.29, 0.717) is 0 Å². The lowest BCUT2D eigenvalue weighted by molar-refractivity contribution is 0.262. The lowest BCUT2D eigenvalue weighted by Gasteiger charge is -2.17. The van der Waals surface area contributed by atoms with Gasteiger partial charge in [-0.3, -0.25) is 4.90 Å². The first-order valence-corrected chi connectivity index (χ1v) is 7.61. The number of thioether (sulfide) groups is 1. The third kappa shape index (κ3) is 4.37. The number of nitrogens with one attached hydrogen (secondary N) is 1. The van der Waals surface area contributed by atoms with Gasteiger partial charge in [0, 0.05) is 24.4 Å². The molecule has 0 atom stereocenters. The predicted molar refractivity (Wildman–Crippen MR) is 73.3 cm³/mol. The number of rotatable bonds is 5. The summed E-state index contributed by atoms with van der Waals surface area (Å²) in [5.41, 5.74) is 1.26. The van der Waals surface area contributed by atoms with E-state index in [9.17, 15) is 0 Å². The van der Waals surface area contributed by atoms with Crippen molar-refractivity contribution in [1.82, 2.24) is 10.2 Å². The topological polar surface area (TPSA) is 28.4 Å². The smallest absolute Gasteiger partial charge is 0.118 e. The second kappa shape index (κ2) is 7.09. The van der Waals surface area contributed by atoms with Crippen molar-refractivity contribution in [2.24, 2.45) is 0 Å². The predicted octanol–water partition coefficient (Wildman–Crippen LogP) is 2.33. The van der Waals surface area contributed by atoms with E-state index in [1.165, 1.54) is 36.6 Å². The van der Waals surface area contributed by atoms with E-state index in [-0.39, 0.29) is 0 Å². The Kier molecular flexibility index (Phi) is 5.42. The van der Waals surface area contributed by atoms with Gasteiger partial charge in [0.15, 0.2) is 0 Å². The minimum atomic E-state index is 0.913. The normalized spacial score (nSPS) is 18.2. The van der Waals surface area contributed by atoms with Gasteiger partial charge in [0.25, 0.3) is 0 Å². The molecule has 0 spiro atoms. The molecule has 1 fully saturated rings. The summed E-state index contributed by atoms with van der Waals surface area (Å²) < 4.78 is 5.62. The van der Waals surface area contributed by atoms with Crippen molar-refractivity contribution < 1.29 is 4.42 Å². The standard InChI is InChI=1S/C13H22N2OS/c1-2-14-9-12-8-13(16-11-12)10-15-4-3-6-17-7-5-15/h8,11,14H,2-7,9-10H2,1H3. The van der Waals surface area contributed by atoms with Crippen LogP contribution in [0.4, 0.5) is 0 Å². The summed E-state index contributed by atoms with van der Waals surface area (Å²) in [7, 11) is 0. The first-order chi connectivity index (χ1) is 8.38. The molecule has 0 amide bonds. The summed E-state index contributed by atoms with van der Waals surface area (Å²) in [5, 5.41) is 3.31. The molecule has 1 aromatic heterocycles. The maximum atomic E-state index is 5.62. The van der Waals surface area contributed by atoms with Crippen LogP contribution in [0.15, 0.2) is 16.7 Å². The molecule has 1 aliphatic rings. The third-order valence-electron chi connectivity index (χ3n) is 2.98. The molecule has 17 heavy (non-hydrogen) atoms. The van der Waals surface area contributed by atoms with Gasteiger partial charge in [-0.2, -0.15) is 11.8 Å². The molecular formula is C13H22N2OS. The molecule has 0 saturated carbocycles. The molecule has 0 bridgehead atoms. The molecule has 3 nitrogen and oxygen atoms in total. The first-order valence-electron chi connectivity index (χ1n) is 6.45. The summed E-state index contributed by atoms with van der Waals surface area (Å²) in [6.45, 7) is 7.40. The Hall–Kier alpha value is -0.450. The van der Waals surface area contributed by atoms with Gasteiger partial charge >= 0.3 is 0 Å². The largest absolute Gasteiger partial charge is 0.468 e. The van der Waals surface area contributed by atoms with Gasteiger partial charge < -0.3 is 9.73 Å². The lowest BCUT2D eigenvalue weighted by Crippen LogP contribution is -2.25. The fourth-order valence-corrected chi connectivity index (χ4v) is 2.97. The van der Waals surface area contributed by atoms with Crippen LogP contribution in [0.3, 0.4) is 0 Å². The zero-order valence-corrected chi connectivity index (χ0v) is 11.4. The monoisotopic (exact) mass is 254 g/mol. The zero-order valence-electron chi connectivity index (χ0n) is 10.6. The molecule has 0 unspecified atom stereocenters. The minimum absolute atomic E-state index is 0.913. The van der Waals surface area contributed by atoms with Crippen molar-refractivity contribution in [3.63, 3.8) is 0 Å². The number of hydrogen-bond donors (Lipinski definition) is 1. The molecule has 2 heterocycles. The van der Waals surface area contributed by atoms with Gasteiger partial charge in [0.05, 0.1) is 12.8 Å². The van der Waals surface area contributed by atoms with Crippen LogP contribution >= 0.6 is 11.8 Å². The van der Waals surface area contributed by atoms with E-state index in [1.54, 1.807) is 0 Å². The van der Waals surface area contributed by atoms with Crippen molar-refractivity contribution in [3.05, 3.63) is 23.7 Å². The van der Waals surface area contributed by atoms with Crippen LogP contribution in [0, 0.1) is 0 Å². The van der Waals surface area contributed by atoms with Crippen LogP contribution in [0.5, 0.6) is 0 Å². The molecule has 1 N–H and O–H groups in total. The lowest BCUT2D eigenvalue weighted by atomic mass is 10.3.